The van der Waals surface area contributed by atoms with Crippen LogP contribution in [0.15, 0.2) is 34.9 Å². The second kappa shape index (κ2) is 4.17. The van der Waals surface area contributed by atoms with Gasteiger partial charge in [0.1, 0.15) is 5.76 Å². The first-order valence-corrected chi connectivity index (χ1v) is 4.96. The van der Waals surface area contributed by atoms with Crippen LogP contribution in [-0.2, 0) is 6.42 Å². The van der Waals surface area contributed by atoms with Crippen LogP contribution in [0.5, 0.6) is 0 Å². The molecule has 1 aromatic heterocycles. The molecule has 0 saturated carbocycles. The number of aromatic nitrogens is 1. The Morgan fingerprint density at radius 3 is 2.80 bits per heavy atom. The van der Waals surface area contributed by atoms with E-state index in [9.17, 15) is 0 Å². The van der Waals surface area contributed by atoms with Gasteiger partial charge in [-0.05, 0) is 18.1 Å². The second-order valence-corrected chi connectivity index (χ2v) is 3.48. The number of benzene rings is 1. The topological polar surface area (TPSA) is 38.1 Å². The summed E-state index contributed by atoms with van der Waals surface area (Å²) in [6.07, 6.45) is 2.56. The fraction of sp³-hybridized carbons (Fsp3) is 0.250. The molecule has 78 valence electrons. The van der Waals surface area contributed by atoms with Gasteiger partial charge in [-0.3, -0.25) is 0 Å². The number of oxazole rings is 1. The zero-order chi connectivity index (χ0) is 10.7. The van der Waals surface area contributed by atoms with Gasteiger partial charge >= 0.3 is 0 Å². The molecule has 1 aromatic carbocycles. The molecule has 15 heavy (non-hydrogen) atoms. The smallest absolute Gasteiger partial charge is 0.294 e. The third-order valence-corrected chi connectivity index (χ3v) is 2.39. The van der Waals surface area contributed by atoms with E-state index >= 15 is 0 Å². The number of hydrogen-bond acceptors (Lipinski definition) is 3. The van der Waals surface area contributed by atoms with Gasteiger partial charge in [0.25, 0.3) is 6.01 Å². The third kappa shape index (κ3) is 2.18. The maximum Gasteiger partial charge on any atom is 0.294 e. The van der Waals surface area contributed by atoms with Gasteiger partial charge < -0.3 is 9.73 Å². The number of nitrogens with one attached hydrogen (secondary N) is 1. The Kier molecular flexibility index (Phi) is 2.72. The number of anilines is 1. The van der Waals surface area contributed by atoms with Crippen molar-refractivity contribution in [3.05, 3.63) is 47.3 Å². The van der Waals surface area contributed by atoms with Crippen LogP contribution in [-0.4, -0.2) is 12.0 Å². The van der Waals surface area contributed by atoms with Gasteiger partial charge in [-0.2, -0.15) is 0 Å². The number of nitrogens with zero attached hydrogens (tertiary/aromatic N) is 1. The minimum absolute atomic E-state index is 0.568. The van der Waals surface area contributed by atoms with Crippen LogP contribution in [0.1, 0.15) is 16.9 Å². The van der Waals surface area contributed by atoms with Gasteiger partial charge in [0, 0.05) is 13.5 Å². The highest BCUT2D eigenvalue weighted by Crippen LogP contribution is 2.15. The van der Waals surface area contributed by atoms with Crippen LogP contribution in [0.25, 0.3) is 0 Å². The fourth-order valence-electron chi connectivity index (χ4n) is 1.50. The SMILES string of the molecule is CNc1ncc(Cc2ccccc2C)o1. The molecule has 0 atom stereocenters. The molecule has 0 aliphatic carbocycles. The van der Waals surface area contributed by atoms with Crippen molar-refractivity contribution in [1.82, 2.24) is 4.98 Å². The lowest BCUT2D eigenvalue weighted by atomic mass is 10.1. The van der Waals surface area contributed by atoms with Crippen molar-refractivity contribution < 1.29 is 4.42 Å². The Morgan fingerprint density at radius 1 is 1.33 bits per heavy atom. The van der Waals surface area contributed by atoms with Gasteiger partial charge in [-0.1, -0.05) is 24.3 Å². The van der Waals surface area contributed by atoms with Gasteiger partial charge in [-0.25, -0.2) is 4.98 Å². The molecule has 1 heterocycles. The summed E-state index contributed by atoms with van der Waals surface area (Å²) in [5, 5.41) is 2.87. The first-order valence-electron chi connectivity index (χ1n) is 4.96. The molecule has 0 radical (unpaired) electrons. The van der Waals surface area contributed by atoms with Crippen molar-refractivity contribution in [2.24, 2.45) is 0 Å². The number of aryl methyl sites for hydroxylation is 1. The average molecular weight is 202 g/mol. The van der Waals surface area contributed by atoms with Crippen LogP contribution in [0.4, 0.5) is 6.01 Å². The maximum atomic E-state index is 5.47. The van der Waals surface area contributed by atoms with E-state index in [0.717, 1.165) is 12.2 Å². The zero-order valence-electron chi connectivity index (χ0n) is 8.95. The highest BCUT2D eigenvalue weighted by atomic mass is 16.4. The van der Waals surface area contributed by atoms with Gasteiger partial charge in [0.05, 0.1) is 6.20 Å². The third-order valence-electron chi connectivity index (χ3n) is 2.39. The Labute approximate surface area is 89.1 Å². The van der Waals surface area contributed by atoms with Crippen LogP contribution in [0, 0.1) is 6.92 Å². The minimum atomic E-state index is 0.568. The molecular formula is C12H14N2O. The molecule has 3 heteroatoms. The van der Waals surface area contributed by atoms with E-state index < -0.39 is 0 Å². The quantitative estimate of drug-likeness (QED) is 0.831. The van der Waals surface area contributed by atoms with Crippen molar-refractivity contribution in [3.63, 3.8) is 0 Å². The Balaban J connectivity index is 2.18. The predicted molar refractivity (Wildman–Crippen MR) is 60.0 cm³/mol. The molecule has 1 N–H and O–H groups in total. The summed E-state index contributed by atoms with van der Waals surface area (Å²) in [5.41, 5.74) is 2.55. The number of hydrogen-bond donors (Lipinski definition) is 1. The van der Waals surface area contributed by atoms with Gasteiger partial charge in [-0.15, -0.1) is 0 Å². The van der Waals surface area contributed by atoms with E-state index in [2.05, 4.69) is 29.4 Å². The predicted octanol–water partition coefficient (Wildman–Crippen LogP) is 2.62. The fourth-order valence-corrected chi connectivity index (χ4v) is 1.50. The summed E-state index contributed by atoms with van der Waals surface area (Å²) in [6, 6.07) is 8.86. The van der Waals surface area contributed by atoms with Crippen LogP contribution in [0.2, 0.25) is 0 Å². The Morgan fingerprint density at radius 2 is 2.13 bits per heavy atom. The number of rotatable bonds is 3. The van der Waals surface area contributed by atoms with Crippen molar-refractivity contribution in [2.45, 2.75) is 13.3 Å². The summed E-state index contributed by atoms with van der Waals surface area (Å²) in [7, 11) is 1.80. The minimum Gasteiger partial charge on any atom is -0.428 e. The molecule has 0 unspecified atom stereocenters. The van der Waals surface area contributed by atoms with E-state index in [0.29, 0.717) is 6.01 Å². The lowest BCUT2D eigenvalue weighted by Crippen LogP contribution is -1.89. The Hall–Kier alpha value is -1.77. The molecule has 0 spiro atoms. The zero-order valence-corrected chi connectivity index (χ0v) is 8.95. The summed E-state index contributed by atoms with van der Waals surface area (Å²) in [6.45, 7) is 2.10. The highest BCUT2D eigenvalue weighted by molar-refractivity contribution is 5.29. The highest BCUT2D eigenvalue weighted by Gasteiger charge is 2.04. The molecule has 0 aliphatic rings. The van der Waals surface area contributed by atoms with Crippen LogP contribution >= 0.6 is 0 Å². The van der Waals surface area contributed by atoms with Gasteiger partial charge in [0.2, 0.25) is 0 Å². The van der Waals surface area contributed by atoms with E-state index in [-0.39, 0.29) is 0 Å². The van der Waals surface area contributed by atoms with Crippen molar-refractivity contribution in [3.8, 4) is 0 Å². The standard InChI is InChI=1S/C12H14N2O/c1-9-5-3-4-6-10(9)7-11-8-14-12(13-2)15-11/h3-6,8H,7H2,1-2H3,(H,13,14). The van der Waals surface area contributed by atoms with Crippen LogP contribution < -0.4 is 5.32 Å². The van der Waals surface area contributed by atoms with E-state index in [1.807, 2.05) is 12.1 Å². The first-order chi connectivity index (χ1) is 7.29. The van der Waals surface area contributed by atoms with E-state index in [1.54, 1.807) is 13.2 Å². The van der Waals surface area contributed by atoms with E-state index in [1.165, 1.54) is 11.1 Å². The van der Waals surface area contributed by atoms with Crippen molar-refractivity contribution in [1.29, 1.82) is 0 Å². The summed E-state index contributed by atoms with van der Waals surface area (Å²) in [4.78, 5) is 4.08. The van der Waals surface area contributed by atoms with Crippen molar-refractivity contribution in [2.75, 3.05) is 12.4 Å². The molecule has 0 bridgehead atoms. The van der Waals surface area contributed by atoms with Crippen LogP contribution in [0.3, 0.4) is 0 Å². The monoisotopic (exact) mass is 202 g/mol. The molecule has 2 aromatic rings. The van der Waals surface area contributed by atoms with Gasteiger partial charge in [0.15, 0.2) is 0 Å². The molecule has 0 aliphatic heterocycles. The normalized spacial score (nSPS) is 10.3. The summed E-state index contributed by atoms with van der Waals surface area (Å²) in [5.74, 6) is 0.883. The second-order valence-electron chi connectivity index (χ2n) is 3.48. The lowest BCUT2D eigenvalue weighted by molar-refractivity contribution is 0.530. The molecule has 0 fully saturated rings. The molecule has 3 nitrogen and oxygen atoms in total. The molecular weight excluding hydrogens is 188 g/mol. The summed E-state index contributed by atoms with van der Waals surface area (Å²) < 4.78 is 5.47. The lowest BCUT2D eigenvalue weighted by Gasteiger charge is -2.01. The summed E-state index contributed by atoms with van der Waals surface area (Å²) >= 11 is 0. The average Bonchev–Trinajstić information content (AvgIpc) is 2.69. The van der Waals surface area contributed by atoms with Crippen molar-refractivity contribution >= 4 is 6.01 Å². The first kappa shape index (κ1) is 9.77. The van der Waals surface area contributed by atoms with E-state index in [4.69, 9.17) is 4.42 Å². The Bertz CT molecular complexity index is 448. The maximum absolute atomic E-state index is 5.47. The molecule has 0 saturated heterocycles. The molecule has 2 rings (SSSR count). The molecule has 0 amide bonds. The largest absolute Gasteiger partial charge is 0.428 e.